The molecule has 0 radical (unpaired) electrons. The number of H-pyrrole nitrogens is 1. The summed E-state index contributed by atoms with van der Waals surface area (Å²) in [6.07, 6.45) is 13.2. The van der Waals surface area contributed by atoms with Crippen LogP contribution in [0.1, 0.15) is 36.0 Å². The Labute approximate surface area is 143 Å². The lowest BCUT2D eigenvalue weighted by molar-refractivity contribution is 0.0177. The number of amides is 1. The lowest BCUT2D eigenvalue weighted by Gasteiger charge is -2.44. The summed E-state index contributed by atoms with van der Waals surface area (Å²) in [6, 6.07) is 2.44. The standard InChI is InChI=1S/C19H27N3O2/c23-18(16-3-8-20-15-16)22-9-6-19(7-10-22)4-1-17(2-5-19)21-11-13-24-14-12-21/h1,3-4,8,15,17,20H,2,5-7,9-14H2. The molecule has 2 fully saturated rings. The maximum atomic E-state index is 12.5. The summed E-state index contributed by atoms with van der Waals surface area (Å²) in [4.78, 5) is 20.0. The number of rotatable bonds is 2. The van der Waals surface area contributed by atoms with Crippen LogP contribution in [0, 0.1) is 5.41 Å². The van der Waals surface area contributed by atoms with Crippen LogP contribution < -0.4 is 0 Å². The van der Waals surface area contributed by atoms with E-state index in [4.69, 9.17) is 4.74 Å². The topological polar surface area (TPSA) is 48.6 Å². The molecule has 0 aromatic carbocycles. The zero-order valence-corrected chi connectivity index (χ0v) is 14.2. The van der Waals surface area contributed by atoms with Gasteiger partial charge in [-0.15, -0.1) is 0 Å². The summed E-state index contributed by atoms with van der Waals surface area (Å²) in [7, 11) is 0. The number of likely N-dealkylation sites (tertiary alicyclic amines) is 1. The third-order valence-corrected chi connectivity index (χ3v) is 6.02. The number of allylic oxidation sites excluding steroid dienone is 1. The molecule has 2 saturated heterocycles. The summed E-state index contributed by atoms with van der Waals surface area (Å²) in [6.45, 7) is 5.59. The average Bonchev–Trinajstić information content (AvgIpc) is 3.18. The van der Waals surface area contributed by atoms with E-state index in [9.17, 15) is 4.79 Å². The van der Waals surface area contributed by atoms with E-state index < -0.39 is 0 Å². The number of hydrogen-bond donors (Lipinski definition) is 1. The molecule has 1 spiro atoms. The molecule has 0 saturated carbocycles. The molecule has 0 bridgehead atoms. The molecular weight excluding hydrogens is 302 g/mol. The maximum Gasteiger partial charge on any atom is 0.255 e. The van der Waals surface area contributed by atoms with E-state index >= 15 is 0 Å². The second-order valence-electron chi connectivity index (χ2n) is 7.37. The molecular formula is C19H27N3O2. The minimum Gasteiger partial charge on any atom is -0.379 e. The normalized spacial score (nSPS) is 27.5. The van der Waals surface area contributed by atoms with Crippen LogP contribution in [-0.4, -0.2) is 66.1 Å². The molecule has 5 nitrogen and oxygen atoms in total. The summed E-state index contributed by atoms with van der Waals surface area (Å²) < 4.78 is 5.46. The third-order valence-electron chi connectivity index (χ3n) is 6.02. The fraction of sp³-hybridized carbons (Fsp3) is 0.632. The molecule has 1 unspecified atom stereocenters. The minimum atomic E-state index is 0.164. The van der Waals surface area contributed by atoms with Crippen molar-refractivity contribution in [3.8, 4) is 0 Å². The Balaban J connectivity index is 1.34. The SMILES string of the molecule is O=C(c1cc[nH]c1)N1CCC2(C=CC(N3CCOCC3)CC2)CC1. The lowest BCUT2D eigenvalue weighted by atomic mass is 9.71. The van der Waals surface area contributed by atoms with E-state index in [1.807, 2.05) is 17.2 Å². The molecule has 1 aromatic heterocycles. The number of carbonyl (C=O) groups is 1. The van der Waals surface area contributed by atoms with Gasteiger partial charge in [0.05, 0.1) is 18.8 Å². The number of aromatic amines is 1. The number of nitrogens with one attached hydrogen (secondary N) is 1. The monoisotopic (exact) mass is 329 g/mol. The van der Waals surface area contributed by atoms with Gasteiger partial charge in [0.1, 0.15) is 0 Å². The Morgan fingerprint density at radius 2 is 1.96 bits per heavy atom. The lowest BCUT2D eigenvalue weighted by Crippen LogP contribution is -2.47. The molecule has 1 N–H and O–H groups in total. The second kappa shape index (κ2) is 6.73. The van der Waals surface area contributed by atoms with E-state index in [0.717, 1.165) is 57.8 Å². The summed E-state index contributed by atoms with van der Waals surface area (Å²) in [5.41, 5.74) is 1.09. The second-order valence-corrected chi connectivity index (χ2v) is 7.37. The van der Waals surface area contributed by atoms with Crippen LogP contribution in [0.2, 0.25) is 0 Å². The highest BCUT2D eigenvalue weighted by molar-refractivity contribution is 5.94. The van der Waals surface area contributed by atoms with E-state index in [1.165, 1.54) is 12.8 Å². The van der Waals surface area contributed by atoms with Crippen molar-refractivity contribution >= 4 is 5.91 Å². The number of ether oxygens (including phenoxy) is 1. The molecule has 1 aromatic rings. The minimum absolute atomic E-state index is 0.164. The van der Waals surface area contributed by atoms with Gasteiger partial charge in [0.15, 0.2) is 0 Å². The van der Waals surface area contributed by atoms with Crippen molar-refractivity contribution in [2.24, 2.45) is 5.41 Å². The van der Waals surface area contributed by atoms with Crippen LogP contribution in [0.5, 0.6) is 0 Å². The highest BCUT2D eigenvalue weighted by atomic mass is 16.5. The summed E-state index contributed by atoms with van der Waals surface area (Å²) >= 11 is 0. The summed E-state index contributed by atoms with van der Waals surface area (Å²) in [5, 5.41) is 0. The largest absolute Gasteiger partial charge is 0.379 e. The van der Waals surface area contributed by atoms with E-state index in [1.54, 1.807) is 6.20 Å². The smallest absolute Gasteiger partial charge is 0.255 e. The van der Waals surface area contributed by atoms with Gasteiger partial charge < -0.3 is 14.6 Å². The highest BCUT2D eigenvalue weighted by Crippen LogP contribution is 2.41. The molecule has 130 valence electrons. The molecule has 2 aliphatic heterocycles. The Morgan fingerprint density at radius 1 is 1.17 bits per heavy atom. The third kappa shape index (κ3) is 3.15. The molecule has 1 amide bonds. The number of piperidine rings is 1. The Morgan fingerprint density at radius 3 is 2.58 bits per heavy atom. The van der Waals surface area contributed by atoms with Crippen molar-refractivity contribution in [1.29, 1.82) is 0 Å². The van der Waals surface area contributed by atoms with Crippen molar-refractivity contribution < 1.29 is 9.53 Å². The van der Waals surface area contributed by atoms with Gasteiger partial charge >= 0.3 is 0 Å². The van der Waals surface area contributed by atoms with Crippen LogP contribution in [0.3, 0.4) is 0 Å². The summed E-state index contributed by atoms with van der Waals surface area (Å²) in [5.74, 6) is 0.164. The molecule has 24 heavy (non-hydrogen) atoms. The van der Waals surface area contributed by atoms with Crippen LogP contribution >= 0.6 is 0 Å². The first-order valence-electron chi connectivity index (χ1n) is 9.19. The van der Waals surface area contributed by atoms with Gasteiger partial charge in [-0.05, 0) is 37.2 Å². The van der Waals surface area contributed by atoms with E-state index in [-0.39, 0.29) is 5.91 Å². The zero-order chi connectivity index (χ0) is 16.4. The quantitative estimate of drug-likeness (QED) is 0.847. The van der Waals surface area contributed by atoms with Crippen molar-refractivity contribution in [2.75, 3.05) is 39.4 Å². The first-order chi connectivity index (χ1) is 11.8. The van der Waals surface area contributed by atoms with Gasteiger partial charge in [-0.2, -0.15) is 0 Å². The number of nitrogens with zero attached hydrogens (tertiary/aromatic N) is 2. The van der Waals surface area contributed by atoms with Gasteiger partial charge in [0, 0.05) is 44.6 Å². The zero-order valence-electron chi connectivity index (χ0n) is 14.2. The molecule has 3 heterocycles. The van der Waals surface area contributed by atoms with Gasteiger partial charge in [-0.1, -0.05) is 12.2 Å². The Kier molecular flexibility index (Phi) is 4.46. The fourth-order valence-corrected chi connectivity index (χ4v) is 4.35. The molecule has 4 rings (SSSR count). The van der Waals surface area contributed by atoms with Gasteiger partial charge in [-0.3, -0.25) is 9.69 Å². The van der Waals surface area contributed by atoms with Crippen molar-refractivity contribution in [3.63, 3.8) is 0 Å². The molecule has 1 atom stereocenters. The van der Waals surface area contributed by atoms with Crippen LogP contribution in [-0.2, 0) is 4.74 Å². The fourth-order valence-electron chi connectivity index (χ4n) is 4.35. The van der Waals surface area contributed by atoms with Crippen molar-refractivity contribution in [3.05, 3.63) is 36.2 Å². The first kappa shape index (κ1) is 15.9. The highest BCUT2D eigenvalue weighted by Gasteiger charge is 2.37. The molecule has 1 aliphatic carbocycles. The molecule has 5 heteroatoms. The first-order valence-corrected chi connectivity index (χ1v) is 9.19. The Hall–Kier alpha value is -1.59. The van der Waals surface area contributed by atoms with Crippen LogP contribution in [0.25, 0.3) is 0 Å². The number of aromatic nitrogens is 1. The number of hydrogen-bond acceptors (Lipinski definition) is 3. The number of carbonyl (C=O) groups excluding carboxylic acids is 1. The Bertz CT molecular complexity index is 582. The van der Waals surface area contributed by atoms with Crippen molar-refractivity contribution in [1.82, 2.24) is 14.8 Å². The van der Waals surface area contributed by atoms with E-state index in [0.29, 0.717) is 11.5 Å². The van der Waals surface area contributed by atoms with Crippen LogP contribution in [0.15, 0.2) is 30.6 Å². The number of morpholine rings is 1. The average molecular weight is 329 g/mol. The van der Waals surface area contributed by atoms with Gasteiger partial charge in [0.2, 0.25) is 0 Å². The van der Waals surface area contributed by atoms with Gasteiger partial charge in [0.25, 0.3) is 5.91 Å². The van der Waals surface area contributed by atoms with Crippen molar-refractivity contribution in [2.45, 2.75) is 31.7 Å². The van der Waals surface area contributed by atoms with Gasteiger partial charge in [-0.25, -0.2) is 0 Å². The predicted molar refractivity (Wildman–Crippen MR) is 92.9 cm³/mol. The molecule has 3 aliphatic rings. The van der Waals surface area contributed by atoms with Crippen LogP contribution in [0.4, 0.5) is 0 Å². The maximum absolute atomic E-state index is 12.5. The predicted octanol–water partition coefficient (Wildman–Crippen LogP) is 2.29. The van der Waals surface area contributed by atoms with E-state index in [2.05, 4.69) is 22.0 Å².